The molecule has 0 aromatic carbocycles. The first-order valence-corrected chi connectivity index (χ1v) is 4.96. The molecule has 0 fully saturated rings. The van der Waals surface area contributed by atoms with Crippen LogP contribution in [0.3, 0.4) is 0 Å². The standard InChI is InChI=1S/C9H18F4N2/c1-7(2)15-5-3-4-14-6-9(12,13)8(10)11/h7-8,14-15H,3-6H2,1-2H3. The summed E-state index contributed by atoms with van der Waals surface area (Å²) < 4.78 is 48.1. The van der Waals surface area contributed by atoms with Gasteiger partial charge < -0.3 is 10.6 Å². The Morgan fingerprint density at radius 3 is 2.20 bits per heavy atom. The highest BCUT2D eigenvalue weighted by molar-refractivity contribution is 4.72. The van der Waals surface area contributed by atoms with E-state index in [1.807, 2.05) is 13.8 Å². The van der Waals surface area contributed by atoms with E-state index in [-0.39, 0.29) is 0 Å². The van der Waals surface area contributed by atoms with Crippen LogP contribution >= 0.6 is 0 Å². The molecule has 0 aliphatic heterocycles. The fourth-order valence-electron chi connectivity index (χ4n) is 0.936. The normalized spacial score (nSPS) is 12.8. The molecule has 0 bridgehead atoms. The summed E-state index contributed by atoms with van der Waals surface area (Å²) in [4.78, 5) is 0. The predicted octanol–water partition coefficient (Wildman–Crippen LogP) is 1.86. The predicted molar refractivity (Wildman–Crippen MR) is 51.6 cm³/mol. The van der Waals surface area contributed by atoms with Gasteiger partial charge in [0.15, 0.2) is 0 Å². The molecular weight excluding hydrogens is 212 g/mol. The van der Waals surface area contributed by atoms with Gasteiger partial charge in [0, 0.05) is 6.04 Å². The Balaban J connectivity index is 3.39. The first-order chi connectivity index (χ1) is 6.86. The molecule has 0 atom stereocenters. The highest BCUT2D eigenvalue weighted by atomic mass is 19.3. The van der Waals surface area contributed by atoms with Crippen molar-refractivity contribution in [1.29, 1.82) is 0 Å². The number of nitrogens with one attached hydrogen (secondary N) is 2. The first kappa shape index (κ1) is 14.6. The fraction of sp³-hybridized carbons (Fsp3) is 1.00. The summed E-state index contributed by atoms with van der Waals surface area (Å²) >= 11 is 0. The molecule has 0 rings (SSSR count). The molecule has 15 heavy (non-hydrogen) atoms. The number of hydrogen-bond donors (Lipinski definition) is 2. The van der Waals surface area contributed by atoms with E-state index in [0.29, 0.717) is 25.6 Å². The molecule has 0 aliphatic rings. The van der Waals surface area contributed by atoms with E-state index in [1.165, 1.54) is 0 Å². The molecular formula is C9H18F4N2. The lowest BCUT2D eigenvalue weighted by Crippen LogP contribution is -2.39. The van der Waals surface area contributed by atoms with Gasteiger partial charge in [-0.3, -0.25) is 0 Å². The number of rotatable bonds is 8. The second-order valence-corrected chi connectivity index (χ2v) is 3.70. The van der Waals surface area contributed by atoms with Crippen LogP contribution < -0.4 is 10.6 Å². The second kappa shape index (κ2) is 7.00. The number of alkyl halides is 4. The van der Waals surface area contributed by atoms with Gasteiger partial charge in [0.05, 0.1) is 6.54 Å². The lowest BCUT2D eigenvalue weighted by atomic mass is 10.3. The minimum atomic E-state index is -3.93. The molecule has 0 saturated carbocycles. The molecule has 0 amide bonds. The Hall–Kier alpha value is -0.360. The summed E-state index contributed by atoms with van der Waals surface area (Å²) in [5, 5.41) is 5.40. The van der Waals surface area contributed by atoms with Gasteiger partial charge >= 0.3 is 12.3 Å². The van der Waals surface area contributed by atoms with Gasteiger partial charge in [-0.2, -0.15) is 8.78 Å². The van der Waals surface area contributed by atoms with Crippen molar-refractivity contribution >= 4 is 0 Å². The van der Waals surface area contributed by atoms with Crippen molar-refractivity contribution in [2.45, 2.75) is 38.7 Å². The molecule has 0 aliphatic carbocycles. The molecule has 0 saturated heterocycles. The van der Waals surface area contributed by atoms with Crippen LogP contribution in [0, 0.1) is 0 Å². The molecule has 0 aromatic rings. The summed E-state index contributed by atoms with van der Waals surface area (Å²) in [6.45, 7) is 3.97. The van der Waals surface area contributed by atoms with E-state index in [0.717, 1.165) is 0 Å². The largest absolute Gasteiger partial charge is 0.319 e. The average Bonchev–Trinajstić information content (AvgIpc) is 2.10. The number of halogens is 4. The topological polar surface area (TPSA) is 24.1 Å². The van der Waals surface area contributed by atoms with Crippen molar-refractivity contribution in [1.82, 2.24) is 10.6 Å². The smallest absolute Gasteiger partial charge is 0.314 e. The van der Waals surface area contributed by atoms with Crippen LogP contribution in [-0.4, -0.2) is 38.0 Å². The fourth-order valence-corrected chi connectivity index (χ4v) is 0.936. The Morgan fingerprint density at radius 1 is 1.13 bits per heavy atom. The van der Waals surface area contributed by atoms with Crippen LogP contribution in [0.4, 0.5) is 17.6 Å². The molecule has 0 spiro atoms. The summed E-state index contributed by atoms with van der Waals surface area (Å²) in [6, 6.07) is 0.340. The van der Waals surface area contributed by atoms with Crippen LogP contribution in [0.5, 0.6) is 0 Å². The van der Waals surface area contributed by atoms with Crippen LogP contribution in [0.1, 0.15) is 20.3 Å². The Bertz CT molecular complexity index is 162. The molecule has 0 unspecified atom stereocenters. The maximum atomic E-state index is 12.4. The van der Waals surface area contributed by atoms with Crippen LogP contribution in [0.2, 0.25) is 0 Å². The zero-order chi connectivity index (χ0) is 11.9. The Morgan fingerprint density at radius 2 is 1.73 bits per heavy atom. The zero-order valence-electron chi connectivity index (χ0n) is 8.99. The van der Waals surface area contributed by atoms with Gasteiger partial charge in [0.2, 0.25) is 0 Å². The van der Waals surface area contributed by atoms with E-state index in [1.54, 1.807) is 0 Å². The summed E-state index contributed by atoms with van der Waals surface area (Å²) in [5.74, 6) is -3.93. The molecule has 0 radical (unpaired) electrons. The van der Waals surface area contributed by atoms with Gasteiger partial charge in [0.1, 0.15) is 0 Å². The molecule has 92 valence electrons. The molecule has 0 heterocycles. The summed E-state index contributed by atoms with van der Waals surface area (Å²) in [6.07, 6.45) is -2.96. The van der Waals surface area contributed by atoms with Gasteiger partial charge in [0.25, 0.3) is 0 Å². The van der Waals surface area contributed by atoms with Crippen molar-refractivity contribution in [3.63, 3.8) is 0 Å². The van der Waals surface area contributed by atoms with Crippen LogP contribution in [-0.2, 0) is 0 Å². The van der Waals surface area contributed by atoms with Gasteiger partial charge in [-0.15, -0.1) is 0 Å². The maximum absolute atomic E-state index is 12.4. The quantitative estimate of drug-likeness (QED) is 0.491. The van der Waals surface area contributed by atoms with Crippen LogP contribution in [0.15, 0.2) is 0 Å². The van der Waals surface area contributed by atoms with Crippen molar-refractivity contribution in [3.8, 4) is 0 Å². The van der Waals surface area contributed by atoms with Crippen molar-refractivity contribution < 1.29 is 17.6 Å². The first-order valence-electron chi connectivity index (χ1n) is 4.96. The molecule has 6 heteroatoms. The highest BCUT2D eigenvalue weighted by Gasteiger charge is 2.39. The second-order valence-electron chi connectivity index (χ2n) is 3.70. The van der Waals surface area contributed by atoms with E-state index in [9.17, 15) is 17.6 Å². The Labute approximate surface area is 87.4 Å². The SMILES string of the molecule is CC(C)NCCCNCC(F)(F)C(F)F. The van der Waals surface area contributed by atoms with Gasteiger partial charge in [-0.25, -0.2) is 8.78 Å². The minimum absolute atomic E-state index is 0.308. The minimum Gasteiger partial charge on any atom is -0.314 e. The third-order valence-electron chi connectivity index (χ3n) is 1.76. The lowest BCUT2D eigenvalue weighted by Gasteiger charge is -2.15. The third-order valence-corrected chi connectivity index (χ3v) is 1.76. The van der Waals surface area contributed by atoms with Crippen molar-refractivity contribution in [2.75, 3.05) is 19.6 Å². The molecule has 2 nitrogen and oxygen atoms in total. The van der Waals surface area contributed by atoms with Gasteiger partial charge in [-0.1, -0.05) is 13.8 Å². The third kappa shape index (κ3) is 7.56. The highest BCUT2D eigenvalue weighted by Crippen LogP contribution is 2.21. The lowest BCUT2D eigenvalue weighted by molar-refractivity contribution is -0.125. The van der Waals surface area contributed by atoms with Crippen molar-refractivity contribution in [3.05, 3.63) is 0 Å². The van der Waals surface area contributed by atoms with E-state index in [4.69, 9.17) is 0 Å². The number of hydrogen-bond acceptors (Lipinski definition) is 2. The van der Waals surface area contributed by atoms with E-state index < -0.39 is 18.9 Å². The van der Waals surface area contributed by atoms with Crippen LogP contribution in [0.25, 0.3) is 0 Å². The zero-order valence-corrected chi connectivity index (χ0v) is 8.99. The Kier molecular flexibility index (Phi) is 6.84. The van der Waals surface area contributed by atoms with Gasteiger partial charge in [-0.05, 0) is 19.5 Å². The van der Waals surface area contributed by atoms with E-state index >= 15 is 0 Å². The maximum Gasteiger partial charge on any atom is 0.319 e. The summed E-state index contributed by atoms with van der Waals surface area (Å²) in [7, 11) is 0. The van der Waals surface area contributed by atoms with E-state index in [2.05, 4.69) is 10.6 Å². The summed E-state index contributed by atoms with van der Waals surface area (Å²) in [5.41, 5.74) is 0. The monoisotopic (exact) mass is 230 g/mol. The molecule has 2 N–H and O–H groups in total. The average molecular weight is 230 g/mol. The molecule has 0 aromatic heterocycles. The van der Waals surface area contributed by atoms with Crippen molar-refractivity contribution in [2.24, 2.45) is 0 Å².